The molecule has 1 aromatic carbocycles. The summed E-state index contributed by atoms with van der Waals surface area (Å²) in [5, 5.41) is 9.28. The standard InChI is InChI=1S/C23H30O/c1-5-17-9-15(3)10-19-14-23-21(16(4)7-8-24)12-18(6-2)22(23)13-20(19)11-17/h7,9,12-15,21,24H,5-6,8,10-11H2,1-4H3/b16-7-/t15-,21+/m0/s1. The Morgan fingerprint density at radius 3 is 2.62 bits per heavy atom. The monoisotopic (exact) mass is 322 g/mol. The van der Waals surface area contributed by atoms with Crippen molar-refractivity contribution in [3.63, 3.8) is 0 Å². The Labute approximate surface area is 146 Å². The number of benzene rings is 1. The van der Waals surface area contributed by atoms with Crippen LogP contribution in [0.25, 0.3) is 5.57 Å². The predicted octanol–water partition coefficient (Wildman–Crippen LogP) is 5.59. The summed E-state index contributed by atoms with van der Waals surface area (Å²) in [6.45, 7) is 9.12. The molecule has 0 saturated heterocycles. The van der Waals surface area contributed by atoms with Crippen LogP contribution in [0, 0.1) is 5.92 Å². The van der Waals surface area contributed by atoms with Crippen LogP contribution >= 0.6 is 0 Å². The zero-order chi connectivity index (χ0) is 17.3. The lowest BCUT2D eigenvalue weighted by Crippen LogP contribution is -2.03. The highest BCUT2D eigenvalue weighted by atomic mass is 16.2. The first-order valence-electron chi connectivity index (χ1n) is 9.41. The summed E-state index contributed by atoms with van der Waals surface area (Å²) in [6, 6.07) is 4.93. The van der Waals surface area contributed by atoms with Gasteiger partial charge in [-0.2, -0.15) is 0 Å². The lowest BCUT2D eigenvalue weighted by atomic mass is 9.87. The third kappa shape index (κ3) is 3.15. The molecule has 2 atom stereocenters. The van der Waals surface area contributed by atoms with Crippen LogP contribution in [0.4, 0.5) is 0 Å². The van der Waals surface area contributed by atoms with E-state index in [4.69, 9.17) is 0 Å². The number of hydrogen-bond acceptors (Lipinski definition) is 1. The number of allylic oxidation sites excluding steroid dienone is 5. The Kier molecular flexibility index (Phi) is 5.10. The minimum atomic E-state index is 0.124. The first kappa shape index (κ1) is 17.2. The van der Waals surface area contributed by atoms with Gasteiger partial charge in [-0.05, 0) is 66.4 Å². The van der Waals surface area contributed by atoms with Crippen molar-refractivity contribution in [2.24, 2.45) is 5.92 Å². The van der Waals surface area contributed by atoms with Crippen molar-refractivity contribution < 1.29 is 5.11 Å². The molecular formula is C23H30O. The van der Waals surface area contributed by atoms with E-state index in [2.05, 4.69) is 52.0 Å². The van der Waals surface area contributed by atoms with E-state index in [1.807, 2.05) is 6.08 Å². The van der Waals surface area contributed by atoms with Gasteiger partial charge < -0.3 is 5.11 Å². The zero-order valence-corrected chi connectivity index (χ0v) is 15.5. The largest absolute Gasteiger partial charge is 0.392 e. The average Bonchev–Trinajstić information content (AvgIpc) is 2.83. The Morgan fingerprint density at radius 1 is 1.17 bits per heavy atom. The zero-order valence-electron chi connectivity index (χ0n) is 15.5. The van der Waals surface area contributed by atoms with Crippen LogP contribution in [0.15, 0.2) is 41.5 Å². The molecule has 0 unspecified atom stereocenters. The van der Waals surface area contributed by atoms with E-state index in [9.17, 15) is 5.11 Å². The van der Waals surface area contributed by atoms with Gasteiger partial charge in [0.25, 0.3) is 0 Å². The molecule has 0 amide bonds. The first-order chi connectivity index (χ1) is 11.6. The summed E-state index contributed by atoms with van der Waals surface area (Å²) in [5.41, 5.74) is 10.2. The van der Waals surface area contributed by atoms with Gasteiger partial charge in [0, 0.05) is 5.92 Å². The molecule has 1 nitrogen and oxygen atoms in total. The summed E-state index contributed by atoms with van der Waals surface area (Å²) in [4.78, 5) is 0. The van der Waals surface area contributed by atoms with Gasteiger partial charge in [-0.1, -0.05) is 62.3 Å². The first-order valence-corrected chi connectivity index (χ1v) is 9.41. The van der Waals surface area contributed by atoms with E-state index in [0.717, 1.165) is 25.7 Å². The van der Waals surface area contributed by atoms with Crippen LogP contribution < -0.4 is 0 Å². The molecular weight excluding hydrogens is 292 g/mol. The van der Waals surface area contributed by atoms with E-state index < -0.39 is 0 Å². The lowest BCUT2D eigenvalue weighted by molar-refractivity contribution is 0.341. The molecule has 1 N–H and O–H groups in total. The van der Waals surface area contributed by atoms with Crippen molar-refractivity contribution in [3.05, 3.63) is 63.8 Å². The van der Waals surface area contributed by atoms with Gasteiger partial charge in [-0.15, -0.1) is 0 Å². The summed E-state index contributed by atoms with van der Waals surface area (Å²) in [5.74, 6) is 0.955. The van der Waals surface area contributed by atoms with Gasteiger partial charge in [-0.3, -0.25) is 0 Å². The van der Waals surface area contributed by atoms with Crippen molar-refractivity contribution in [2.45, 2.75) is 59.3 Å². The highest BCUT2D eigenvalue weighted by Crippen LogP contribution is 2.43. The number of fused-ring (bicyclic) bond motifs is 2. The third-order valence-corrected chi connectivity index (χ3v) is 5.64. The van der Waals surface area contributed by atoms with Crippen LogP contribution in [0.2, 0.25) is 0 Å². The molecule has 0 fully saturated rings. The van der Waals surface area contributed by atoms with E-state index in [1.165, 1.54) is 33.4 Å². The molecule has 3 rings (SSSR count). The summed E-state index contributed by atoms with van der Waals surface area (Å²) >= 11 is 0. The number of hydrogen-bond donors (Lipinski definition) is 1. The van der Waals surface area contributed by atoms with E-state index >= 15 is 0 Å². The third-order valence-electron chi connectivity index (χ3n) is 5.64. The topological polar surface area (TPSA) is 20.2 Å². The van der Waals surface area contributed by atoms with Crippen LogP contribution in [0.3, 0.4) is 0 Å². The van der Waals surface area contributed by atoms with E-state index in [-0.39, 0.29) is 6.61 Å². The number of aliphatic hydroxyl groups excluding tert-OH is 1. The van der Waals surface area contributed by atoms with Crippen LogP contribution in [-0.4, -0.2) is 11.7 Å². The maximum Gasteiger partial charge on any atom is 0.0615 e. The molecule has 2 aliphatic rings. The highest BCUT2D eigenvalue weighted by Gasteiger charge is 2.26. The van der Waals surface area contributed by atoms with Crippen LogP contribution in [-0.2, 0) is 12.8 Å². The summed E-state index contributed by atoms with van der Waals surface area (Å²) in [6.07, 6.45) is 11.3. The molecule has 1 aromatic rings. The highest BCUT2D eigenvalue weighted by molar-refractivity contribution is 5.77. The van der Waals surface area contributed by atoms with Crippen LogP contribution in [0.1, 0.15) is 68.7 Å². The molecule has 0 heterocycles. The SMILES string of the molecule is CCC1=C[C@H](C)Cc2cc3c(cc2C1)C(CC)=C[C@@H]3/C(C)=C\CO. The predicted molar refractivity (Wildman–Crippen MR) is 103 cm³/mol. The second kappa shape index (κ2) is 7.11. The van der Waals surface area contributed by atoms with Gasteiger partial charge >= 0.3 is 0 Å². The van der Waals surface area contributed by atoms with Gasteiger partial charge in [0.1, 0.15) is 0 Å². The fourth-order valence-corrected chi connectivity index (χ4v) is 4.29. The minimum absolute atomic E-state index is 0.124. The van der Waals surface area contributed by atoms with Gasteiger partial charge in [0.05, 0.1) is 6.61 Å². The quantitative estimate of drug-likeness (QED) is 0.717. The van der Waals surface area contributed by atoms with Gasteiger partial charge in [0.2, 0.25) is 0 Å². The summed E-state index contributed by atoms with van der Waals surface area (Å²) in [7, 11) is 0. The number of rotatable bonds is 4. The maximum absolute atomic E-state index is 9.28. The maximum atomic E-state index is 9.28. The molecule has 0 saturated carbocycles. The summed E-state index contributed by atoms with van der Waals surface area (Å²) < 4.78 is 0. The van der Waals surface area contributed by atoms with Crippen molar-refractivity contribution in [2.75, 3.05) is 6.61 Å². The van der Waals surface area contributed by atoms with Gasteiger partial charge in [0.15, 0.2) is 0 Å². The fourth-order valence-electron chi connectivity index (χ4n) is 4.29. The molecule has 128 valence electrons. The van der Waals surface area contributed by atoms with E-state index in [0.29, 0.717) is 11.8 Å². The Balaban J connectivity index is 2.08. The molecule has 0 aromatic heterocycles. The smallest absolute Gasteiger partial charge is 0.0615 e. The van der Waals surface area contributed by atoms with Gasteiger partial charge in [-0.25, -0.2) is 0 Å². The van der Waals surface area contributed by atoms with E-state index in [1.54, 1.807) is 5.57 Å². The number of aliphatic hydroxyl groups is 1. The normalized spacial score (nSPS) is 23.3. The fraction of sp³-hybridized carbons (Fsp3) is 0.478. The van der Waals surface area contributed by atoms with Crippen molar-refractivity contribution in [1.82, 2.24) is 0 Å². The molecule has 24 heavy (non-hydrogen) atoms. The Morgan fingerprint density at radius 2 is 1.96 bits per heavy atom. The molecule has 2 aliphatic carbocycles. The Hall–Kier alpha value is -1.60. The Bertz CT molecular complexity index is 718. The van der Waals surface area contributed by atoms with Crippen LogP contribution in [0.5, 0.6) is 0 Å². The second-order valence-electron chi connectivity index (χ2n) is 7.40. The second-order valence-corrected chi connectivity index (χ2v) is 7.40. The molecule has 0 radical (unpaired) electrons. The molecule has 0 bridgehead atoms. The average molecular weight is 322 g/mol. The lowest BCUT2D eigenvalue weighted by Gasteiger charge is -2.17. The molecule has 1 heteroatoms. The molecule has 0 aliphatic heterocycles. The van der Waals surface area contributed by atoms with Crippen molar-refractivity contribution >= 4 is 5.57 Å². The van der Waals surface area contributed by atoms with Crippen molar-refractivity contribution in [1.29, 1.82) is 0 Å². The molecule has 0 spiro atoms. The van der Waals surface area contributed by atoms with Crippen molar-refractivity contribution in [3.8, 4) is 0 Å². The minimum Gasteiger partial charge on any atom is -0.392 e.